The quantitative estimate of drug-likeness (QED) is 0.823. The summed E-state index contributed by atoms with van der Waals surface area (Å²) in [7, 11) is 0. The van der Waals surface area contributed by atoms with E-state index in [9.17, 15) is 5.11 Å². The van der Waals surface area contributed by atoms with Crippen LogP contribution in [-0.4, -0.2) is 31.7 Å². The lowest BCUT2D eigenvalue weighted by Crippen LogP contribution is -2.17. The number of aryl methyl sites for hydroxylation is 2. The van der Waals surface area contributed by atoms with Gasteiger partial charge in [0.25, 0.3) is 0 Å². The molecule has 0 saturated heterocycles. The molecule has 1 heterocycles. The van der Waals surface area contributed by atoms with Crippen LogP contribution in [0.15, 0.2) is 35.5 Å². The largest absolute Gasteiger partial charge is 0.392 e. The third-order valence-corrected chi connectivity index (χ3v) is 3.98. The van der Waals surface area contributed by atoms with Crippen molar-refractivity contribution in [3.05, 3.63) is 42.0 Å². The van der Waals surface area contributed by atoms with Crippen LogP contribution in [0.1, 0.15) is 18.3 Å². The normalized spacial score (nSPS) is 12.6. The molecule has 1 atom stereocenters. The number of hydrogen-bond donors (Lipinski definition) is 1. The van der Waals surface area contributed by atoms with E-state index in [0.717, 1.165) is 12.4 Å². The molecule has 2 aromatic rings. The zero-order valence-corrected chi connectivity index (χ0v) is 12.1. The fraction of sp³-hybridized carbons (Fsp3) is 0.429. The third kappa shape index (κ3) is 4.08. The van der Waals surface area contributed by atoms with E-state index in [1.807, 2.05) is 17.7 Å². The van der Waals surface area contributed by atoms with Crippen molar-refractivity contribution in [3.63, 3.8) is 0 Å². The standard InChI is InChI=1S/C14H19N3OS/c1-3-17-14(15-10-16-17)8-12(18)9-19-13-6-4-5-11(2)7-13/h4-7,10,12,18H,3,8-9H2,1-2H3. The summed E-state index contributed by atoms with van der Waals surface area (Å²) in [6, 6.07) is 8.31. The molecule has 4 nitrogen and oxygen atoms in total. The Kier molecular flexibility index (Phi) is 4.99. The Morgan fingerprint density at radius 1 is 1.42 bits per heavy atom. The van der Waals surface area contributed by atoms with Crippen LogP contribution in [0.4, 0.5) is 0 Å². The summed E-state index contributed by atoms with van der Waals surface area (Å²) < 4.78 is 1.82. The number of nitrogens with zero attached hydrogens (tertiary/aromatic N) is 3. The highest BCUT2D eigenvalue weighted by molar-refractivity contribution is 7.99. The van der Waals surface area contributed by atoms with Gasteiger partial charge >= 0.3 is 0 Å². The average Bonchev–Trinajstić information content (AvgIpc) is 2.84. The Morgan fingerprint density at radius 2 is 2.26 bits per heavy atom. The Hall–Kier alpha value is -1.33. The molecule has 1 aromatic heterocycles. The number of rotatable bonds is 6. The lowest BCUT2D eigenvalue weighted by Gasteiger charge is -2.10. The van der Waals surface area contributed by atoms with E-state index in [1.54, 1.807) is 18.1 Å². The summed E-state index contributed by atoms with van der Waals surface area (Å²) in [5.41, 5.74) is 1.24. The van der Waals surface area contributed by atoms with Gasteiger partial charge in [-0.05, 0) is 26.0 Å². The zero-order valence-electron chi connectivity index (χ0n) is 11.3. The molecule has 0 bridgehead atoms. The predicted octanol–water partition coefficient (Wildman–Crippen LogP) is 2.30. The average molecular weight is 277 g/mol. The lowest BCUT2D eigenvalue weighted by molar-refractivity contribution is 0.195. The fourth-order valence-corrected chi connectivity index (χ4v) is 2.82. The maximum Gasteiger partial charge on any atom is 0.138 e. The first kappa shape index (κ1) is 14.1. The maximum absolute atomic E-state index is 10.1. The van der Waals surface area contributed by atoms with Gasteiger partial charge in [-0.25, -0.2) is 4.98 Å². The number of benzene rings is 1. The van der Waals surface area contributed by atoms with E-state index < -0.39 is 6.10 Å². The molecule has 19 heavy (non-hydrogen) atoms. The summed E-state index contributed by atoms with van der Waals surface area (Å²) in [5.74, 6) is 1.51. The van der Waals surface area contributed by atoms with Crippen molar-refractivity contribution in [2.24, 2.45) is 0 Å². The van der Waals surface area contributed by atoms with Crippen molar-refractivity contribution >= 4 is 11.8 Å². The van der Waals surface area contributed by atoms with E-state index in [0.29, 0.717) is 12.2 Å². The smallest absolute Gasteiger partial charge is 0.138 e. The van der Waals surface area contributed by atoms with Crippen molar-refractivity contribution in [1.82, 2.24) is 14.8 Å². The van der Waals surface area contributed by atoms with Crippen LogP contribution in [0.3, 0.4) is 0 Å². The molecular formula is C14H19N3OS. The molecule has 2 rings (SSSR count). The van der Waals surface area contributed by atoms with Crippen LogP contribution < -0.4 is 0 Å². The van der Waals surface area contributed by atoms with Crippen molar-refractivity contribution < 1.29 is 5.11 Å². The van der Waals surface area contributed by atoms with E-state index in [2.05, 4.69) is 35.2 Å². The van der Waals surface area contributed by atoms with Gasteiger partial charge in [0.15, 0.2) is 0 Å². The van der Waals surface area contributed by atoms with Crippen molar-refractivity contribution in [3.8, 4) is 0 Å². The Labute approximate surface area is 117 Å². The summed E-state index contributed by atoms with van der Waals surface area (Å²) in [6.45, 7) is 4.88. The molecule has 1 unspecified atom stereocenters. The van der Waals surface area contributed by atoms with E-state index >= 15 is 0 Å². The molecule has 0 aliphatic heterocycles. The van der Waals surface area contributed by atoms with Gasteiger partial charge in [0.2, 0.25) is 0 Å². The van der Waals surface area contributed by atoms with Crippen LogP contribution in [0.5, 0.6) is 0 Å². The van der Waals surface area contributed by atoms with Gasteiger partial charge in [-0.1, -0.05) is 17.7 Å². The van der Waals surface area contributed by atoms with Crippen molar-refractivity contribution in [1.29, 1.82) is 0 Å². The van der Waals surface area contributed by atoms with Gasteiger partial charge in [-0.2, -0.15) is 5.10 Å². The second-order valence-corrected chi connectivity index (χ2v) is 5.57. The third-order valence-electron chi connectivity index (χ3n) is 2.85. The molecule has 0 radical (unpaired) electrons. The van der Waals surface area contributed by atoms with Crippen LogP contribution in [-0.2, 0) is 13.0 Å². The Bertz CT molecular complexity index is 527. The fourth-order valence-electron chi connectivity index (χ4n) is 1.88. The zero-order chi connectivity index (χ0) is 13.7. The molecule has 0 fully saturated rings. The minimum atomic E-state index is -0.403. The molecule has 102 valence electrons. The predicted molar refractivity (Wildman–Crippen MR) is 77.3 cm³/mol. The van der Waals surface area contributed by atoms with E-state index in [4.69, 9.17) is 0 Å². The molecule has 5 heteroatoms. The molecule has 1 N–H and O–H groups in total. The lowest BCUT2D eigenvalue weighted by atomic mass is 10.2. The van der Waals surface area contributed by atoms with Crippen molar-refractivity contribution in [2.75, 3.05) is 5.75 Å². The molecule has 0 aliphatic carbocycles. The second-order valence-electron chi connectivity index (χ2n) is 4.48. The van der Waals surface area contributed by atoms with Gasteiger partial charge < -0.3 is 5.11 Å². The van der Waals surface area contributed by atoms with Gasteiger partial charge in [0.05, 0.1) is 6.10 Å². The van der Waals surface area contributed by atoms with Crippen LogP contribution >= 0.6 is 11.8 Å². The Morgan fingerprint density at radius 3 is 3.00 bits per heavy atom. The van der Waals surface area contributed by atoms with Gasteiger partial charge in [0.1, 0.15) is 12.2 Å². The minimum Gasteiger partial charge on any atom is -0.392 e. The summed E-state index contributed by atoms with van der Waals surface area (Å²) in [4.78, 5) is 5.37. The number of thioether (sulfide) groups is 1. The van der Waals surface area contributed by atoms with Gasteiger partial charge in [0, 0.05) is 23.6 Å². The number of hydrogen-bond acceptors (Lipinski definition) is 4. The maximum atomic E-state index is 10.1. The van der Waals surface area contributed by atoms with Gasteiger partial charge in [-0.3, -0.25) is 4.68 Å². The molecule has 0 spiro atoms. The number of aliphatic hydroxyl groups is 1. The molecule has 1 aromatic carbocycles. The topological polar surface area (TPSA) is 50.9 Å². The highest BCUT2D eigenvalue weighted by Crippen LogP contribution is 2.20. The van der Waals surface area contributed by atoms with Crippen LogP contribution in [0, 0.1) is 6.92 Å². The second kappa shape index (κ2) is 6.73. The summed E-state index contributed by atoms with van der Waals surface area (Å²) >= 11 is 1.67. The molecule has 0 aliphatic rings. The summed E-state index contributed by atoms with van der Waals surface area (Å²) in [6.07, 6.45) is 1.69. The molecule has 0 saturated carbocycles. The first-order valence-corrected chi connectivity index (χ1v) is 7.41. The first-order valence-electron chi connectivity index (χ1n) is 6.43. The van der Waals surface area contributed by atoms with E-state index in [-0.39, 0.29) is 0 Å². The highest BCUT2D eigenvalue weighted by Gasteiger charge is 2.11. The Balaban J connectivity index is 1.86. The van der Waals surface area contributed by atoms with Crippen LogP contribution in [0.2, 0.25) is 0 Å². The SMILES string of the molecule is CCn1ncnc1CC(O)CSc1cccc(C)c1. The highest BCUT2D eigenvalue weighted by atomic mass is 32.2. The van der Waals surface area contributed by atoms with Crippen molar-refractivity contribution in [2.45, 2.75) is 37.8 Å². The number of aliphatic hydroxyl groups excluding tert-OH is 1. The van der Waals surface area contributed by atoms with Gasteiger partial charge in [-0.15, -0.1) is 11.8 Å². The molecule has 0 amide bonds. The first-order chi connectivity index (χ1) is 9.19. The van der Waals surface area contributed by atoms with E-state index in [1.165, 1.54) is 10.5 Å². The van der Waals surface area contributed by atoms with Crippen LogP contribution in [0.25, 0.3) is 0 Å². The minimum absolute atomic E-state index is 0.403. The summed E-state index contributed by atoms with van der Waals surface area (Å²) in [5, 5.41) is 14.2. The molecular weight excluding hydrogens is 258 g/mol. The number of aromatic nitrogens is 3. The monoisotopic (exact) mass is 277 g/mol.